The van der Waals surface area contributed by atoms with E-state index < -0.39 is 17.7 Å². The lowest BCUT2D eigenvalue weighted by molar-refractivity contribution is 0.0175. The second-order valence-corrected chi connectivity index (χ2v) is 8.43. The van der Waals surface area contributed by atoms with Crippen LogP contribution in [0.1, 0.15) is 45.6 Å². The number of carbonyl (C=O) groups excluding carboxylic acids is 2. The van der Waals surface area contributed by atoms with Gasteiger partial charge in [-0.25, -0.2) is 9.59 Å². The molecule has 1 aromatic carbocycles. The maximum absolute atomic E-state index is 12.5. The fraction of sp³-hybridized carbons (Fsp3) is 0.636. The Hall–Kier alpha value is -2.28. The van der Waals surface area contributed by atoms with Gasteiger partial charge in [0.05, 0.1) is 13.2 Å². The fourth-order valence-corrected chi connectivity index (χ4v) is 3.70. The van der Waals surface area contributed by atoms with Crippen LogP contribution in [0.2, 0.25) is 0 Å². The van der Waals surface area contributed by atoms with Crippen molar-refractivity contribution < 1.29 is 23.8 Å². The first-order chi connectivity index (χ1) is 13.8. The molecule has 1 fully saturated rings. The van der Waals surface area contributed by atoms with Crippen LogP contribution >= 0.6 is 0 Å². The molecule has 2 rings (SSSR count). The number of benzene rings is 1. The standard InChI is InChI=1S/C22H34N2O5/c1-22(2,3)24(21(26)27-4)19(13-18-11-8-12-28-15-18)14-23-20(25)29-16-17-9-6-5-7-10-17/h5-7,9-10,18-19H,8,11-16H2,1-4H3,(H,23,25)/t18-,19+/m0/s1. The van der Waals surface area contributed by atoms with Crippen molar-refractivity contribution in [3.8, 4) is 0 Å². The van der Waals surface area contributed by atoms with Crippen LogP contribution in [-0.2, 0) is 20.8 Å². The van der Waals surface area contributed by atoms with E-state index in [1.54, 1.807) is 4.90 Å². The Morgan fingerprint density at radius 1 is 1.28 bits per heavy atom. The normalized spacial score (nSPS) is 17.9. The first-order valence-corrected chi connectivity index (χ1v) is 10.2. The number of methoxy groups -OCH3 is 1. The van der Waals surface area contributed by atoms with Crippen LogP contribution in [0.25, 0.3) is 0 Å². The summed E-state index contributed by atoms with van der Waals surface area (Å²) in [6.07, 6.45) is 1.88. The minimum atomic E-state index is -0.502. The van der Waals surface area contributed by atoms with Gasteiger partial charge in [0.15, 0.2) is 0 Å². The summed E-state index contributed by atoms with van der Waals surface area (Å²) in [5.41, 5.74) is 0.465. The second-order valence-electron chi connectivity index (χ2n) is 8.43. The zero-order chi connectivity index (χ0) is 21.3. The molecule has 1 heterocycles. The largest absolute Gasteiger partial charge is 0.453 e. The van der Waals surface area contributed by atoms with E-state index in [4.69, 9.17) is 14.2 Å². The van der Waals surface area contributed by atoms with E-state index in [0.29, 0.717) is 12.5 Å². The van der Waals surface area contributed by atoms with Crippen molar-refractivity contribution in [1.82, 2.24) is 10.2 Å². The van der Waals surface area contributed by atoms with Crippen molar-refractivity contribution in [2.45, 2.75) is 58.2 Å². The molecule has 0 bridgehead atoms. The van der Waals surface area contributed by atoms with Crippen LogP contribution in [0, 0.1) is 5.92 Å². The Balaban J connectivity index is 2.01. The Bertz CT molecular complexity index is 638. The van der Waals surface area contributed by atoms with Crippen molar-refractivity contribution in [3.63, 3.8) is 0 Å². The molecule has 0 spiro atoms. The molecule has 1 aliphatic rings. The number of nitrogens with one attached hydrogen (secondary N) is 1. The van der Waals surface area contributed by atoms with Crippen LogP contribution in [0.5, 0.6) is 0 Å². The molecular formula is C22H34N2O5. The van der Waals surface area contributed by atoms with Crippen LogP contribution in [0.4, 0.5) is 9.59 Å². The molecule has 0 radical (unpaired) electrons. The lowest BCUT2D eigenvalue weighted by Crippen LogP contribution is -2.56. The summed E-state index contributed by atoms with van der Waals surface area (Å²) in [6.45, 7) is 7.83. The van der Waals surface area contributed by atoms with Gasteiger partial charge < -0.3 is 19.5 Å². The molecule has 1 saturated heterocycles. The molecule has 1 N–H and O–H groups in total. The van der Waals surface area contributed by atoms with Gasteiger partial charge in [0.25, 0.3) is 0 Å². The summed E-state index contributed by atoms with van der Waals surface area (Å²) in [4.78, 5) is 26.5. The van der Waals surface area contributed by atoms with Gasteiger partial charge in [0.1, 0.15) is 6.61 Å². The predicted molar refractivity (Wildman–Crippen MR) is 111 cm³/mol. The van der Waals surface area contributed by atoms with Gasteiger partial charge >= 0.3 is 12.2 Å². The van der Waals surface area contributed by atoms with Crippen molar-refractivity contribution in [3.05, 3.63) is 35.9 Å². The maximum Gasteiger partial charge on any atom is 0.410 e. The van der Waals surface area contributed by atoms with Crippen molar-refractivity contribution >= 4 is 12.2 Å². The van der Waals surface area contributed by atoms with E-state index in [1.165, 1.54) is 7.11 Å². The number of nitrogens with zero attached hydrogens (tertiary/aromatic N) is 1. The molecule has 0 aliphatic carbocycles. The molecule has 29 heavy (non-hydrogen) atoms. The summed E-state index contributed by atoms with van der Waals surface area (Å²) in [5, 5.41) is 2.82. The number of hydrogen-bond donors (Lipinski definition) is 1. The van der Waals surface area contributed by atoms with Crippen molar-refractivity contribution in [2.75, 3.05) is 26.9 Å². The van der Waals surface area contributed by atoms with Crippen LogP contribution in [-0.4, -0.2) is 55.5 Å². The number of alkyl carbamates (subject to hydrolysis) is 1. The highest BCUT2D eigenvalue weighted by Gasteiger charge is 2.36. The molecule has 1 aliphatic heterocycles. The monoisotopic (exact) mass is 406 g/mol. The Morgan fingerprint density at radius 2 is 2.00 bits per heavy atom. The number of rotatable bonds is 7. The third-order valence-electron chi connectivity index (χ3n) is 5.01. The number of hydrogen-bond acceptors (Lipinski definition) is 5. The minimum absolute atomic E-state index is 0.202. The average molecular weight is 407 g/mol. The van der Waals surface area contributed by atoms with Crippen molar-refractivity contribution in [2.24, 2.45) is 5.92 Å². The summed E-state index contributed by atoms with van der Waals surface area (Å²) in [7, 11) is 1.38. The van der Waals surface area contributed by atoms with Crippen LogP contribution in [0.15, 0.2) is 30.3 Å². The van der Waals surface area contributed by atoms with E-state index >= 15 is 0 Å². The molecule has 2 amide bonds. The smallest absolute Gasteiger partial charge is 0.410 e. The summed E-state index contributed by atoms with van der Waals surface area (Å²) < 4.78 is 15.9. The first kappa shape index (κ1) is 23.0. The first-order valence-electron chi connectivity index (χ1n) is 10.2. The average Bonchev–Trinajstić information content (AvgIpc) is 2.70. The van der Waals surface area contributed by atoms with Crippen LogP contribution in [0.3, 0.4) is 0 Å². The number of amides is 2. The lowest BCUT2D eigenvalue weighted by atomic mass is 9.91. The summed E-state index contributed by atoms with van der Waals surface area (Å²) in [5.74, 6) is 0.338. The van der Waals surface area contributed by atoms with E-state index in [0.717, 1.165) is 31.4 Å². The molecule has 7 nitrogen and oxygen atoms in total. The molecular weight excluding hydrogens is 372 g/mol. The lowest BCUT2D eigenvalue weighted by Gasteiger charge is -2.42. The molecule has 1 aromatic rings. The highest BCUT2D eigenvalue weighted by atomic mass is 16.6. The Kier molecular flexibility index (Phi) is 8.76. The summed E-state index contributed by atoms with van der Waals surface area (Å²) >= 11 is 0. The van der Waals surface area contributed by atoms with Crippen LogP contribution < -0.4 is 5.32 Å². The highest BCUT2D eigenvalue weighted by Crippen LogP contribution is 2.26. The van der Waals surface area contributed by atoms with E-state index in [1.807, 2.05) is 51.1 Å². The molecule has 0 saturated carbocycles. The number of carbonyl (C=O) groups is 2. The molecule has 162 valence electrons. The third-order valence-corrected chi connectivity index (χ3v) is 5.01. The SMILES string of the molecule is COC(=O)N([C@@H](CNC(=O)OCc1ccccc1)C[C@@H]1CCCOC1)C(C)(C)C. The van der Waals surface area contributed by atoms with Gasteiger partial charge in [0, 0.05) is 25.3 Å². The maximum atomic E-state index is 12.5. The topological polar surface area (TPSA) is 77.1 Å². The Labute approximate surface area is 173 Å². The van der Waals surface area contributed by atoms with Gasteiger partial charge in [-0.2, -0.15) is 0 Å². The highest BCUT2D eigenvalue weighted by molar-refractivity contribution is 5.70. The minimum Gasteiger partial charge on any atom is -0.453 e. The quantitative estimate of drug-likeness (QED) is 0.741. The Morgan fingerprint density at radius 3 is 2.59 bits per heavy atom. The molecule has 0 aromatic heterocycles. The van der Waals surface area contributed by atoms with E-state index in [2.05, 4.69) is 5.32 Å². The molecule has 2 atom stereocenters. The van der Waals surface area contributed by atoms with E-state index in [9.17, 15) is 9.59 Å². The van der Waals surface area contributed by atoms with Gasteiger partial charge in [-0.3, -0.25) is 4.90 Å². The van der Waals surface area contributed by atoms with Gasteiger partial charge in [-0.15, -0.1) is 0 Å². The fourth-order valence-electron chi connectivity index (χ4n) is 3.70. The van der Waals surface area contributed by atoms with Gasteiger partial charge in [-0.05, 0) is 51.5 Å². The van der Waals surface area contributed by atoms with E-state index in [-0.39, 0.29) is 19.2 Å². The zero-order valence-corrected chi connectivity index (χ0v) is 18.0. The third kappa shape index (κ3) is 7.57. The number of ether oxygens (including phenoxy) is 3. The predicted octanol–water partition coefficient (Wildman–Crippen LogP) is 3.97. The van der Waals surface area contributed by atoms with Crippen molar-refractivity contribution in [1.29, 1.82) is 0 Å². The van der Waals surface area contributed by atoms with Gasteiger partial charge in [-0.1, -0.05) is 30.3 Å². The zero-order valence-electron chi connectivity index (χ0n) is 18.0. The summed E-state index contributed by atoms with van der Waals surface area (Å²) in [6, 6.07) is 9.29. The second kappa shape index (κ2) is 11.0. The van der Waals surface area contributed by atoms with Gasteiger partial charge in [0.2, 0.25) is 0 Å². The molecule has 7 heteroatoms. The molecule has 0 unspecified atom stereocenters.